The summed E-state index contributed by atoms with van der Waals surface area (Å²) in [6, 6.07) is 15.1. The summed E-state index contributed by atoms with van der Waals surface area (Å²) < 4.78 is 5.40. The molecule has 1 amide bonds. The summed E-state index contributed by atoms with van der Waals surface area (Å²) in [6.45, 7) is 3.58. The Morgan fingerprint density at radius 3 is 2.04 bits per heavy atom. The number of rotatable bonds is 6. The Morgan fingerprint density at radius 1 is 1.04 bits per heavy atom. The number of ether oxygens (including phenoxy) is 1. The van der Waals surface area contributed by atoms with E-state index in [0.29, 0.717) is 0 Å². The number of aliphatic hydroxyl groups is 1. The number of alkyl carbamates (subject to hydrolysis) is 1. The first-order valence-corrected chi connectivity index (χ1v) is 8.92. The lowest BCUT2D eigenvalue weighted by atomic mass is 9.98. The number of carboxylic acids is 1. The van der Waals surface area contributed by atoms with Crippen molar-refractivity contribution in [1.29, 1.82) is 0 Å². The van der Waals surface area contributed by atoms with Gasteiger partial charge >= 0.3 is 12.1 Å². The van der Waals surface area contributed by atoms with E-state index in [-0.39, 0.29) is 18.4 Å². The van der Waals surface area contributed by atoms with Crippen LogP contribution in [0.3, 0.4) is 0 Å². The highest BCUT2D eigenvalue weighted by Crippen LogP contribution is 2.44. The first-order chi connectivity index (χ1) is 12.9. The quantitative estimate of drug-likeness (QED) is 0.727. The molecule has 2 aromatic carbocycles. The number of hydrogen-bond acceptors (Lipinski definition) is 4. The number of aliphatic carboxylic acids is 1. The fourth-order valence-corrected chi connectivity index (χ4v) is 3.54. The molecule has 0 radical (unpaired) electrons. The topological polar surface area (TPSA) is 95.9 Å². The number of aliphatic hydroxyl groups excluding tert-OH is 1. The molecule has 0 aliphatic heterocycles. The van der Waals surface area contributed by atoms with Gasteiger partial charge in [0.05, 0.1) is 6.04 Å². The monoisotopic (exact) mass is 369 g/mol. The highest BCUT2D eigenvalue weighted by Gasteiger charge is 2.32. The van der Waals surface area contributed by atoms with Gasteiger partial charge in [-0.05, 0) is 28.2 Å². The average molecular weight is 369 g/mol. The first kappa shape index (κ1) is 18.9. The summed E-state index contributed by atoms with van der Waals surface area (Å²) >= 11 is 0. The van der Waals surface area contributed by atoms with Gasteiger partial charge in [-0.2, -0.15) is 0 Å². The Hall–Kier alpha value is -2.86. The van der Waals surface area contributed by atoms with Crippen LogP contribution < -0.4 is 5.32 Å². The second-order valence-corrected chi connectivity index (χ2v) is 7.02. The van der Waals surface area contributed by atoms with Gasteiger partial charge in [-0.1, -0.05) is 62.4 Å². The summed E-state index contributed by atoms with van der Waals surface area (Å²) in [5, 5.41) is 21.2. The Morgan fingerprint density at radius 2 is 1.56 bits per heavy atom. The molecule has 0 spiro atoms. The maximum absolute atomic E-state index is 12.2. The van der Waals surface area contributed by atoms with Crippen LogP contribution >= 0.6 is 0 Å². The minimum absolute atomic E-state index is 0.0787. The van der Waals surface area contributed by atoms with E-state index >= 15 is 0 Å². The molecule has 6 nitrogen and oxygen atoms in total. The zero-order valence-corrected chi connectivity index (χ0v) is 15.3. The zero-order chi connectivity index (χ0) is 19.6. The van der Waals surface area contributed by atoms with Crippen LogP contribution in [-0.2, 0) is 9.53 Å². The van der Waals surface area contributed by atoms with E-state index in [1.54, 1.807) is 13.8 Å². The van der Waals surface area contributed by atoms with Crippen LogP contribution in [0.15, 0.2) is 48.5 Å². The van der Waals surface area contributed by atoms with Crippen molar-refractivity contribution < 1.29 is 24.5 Å². The molecule has 1 aliphatic rings. The van der Waals surface area contributed by atoms with Crippen LogP contribution in [0.5, 0.6) is 0 Å². The van der Waals surface area contributed by atoms with Crippen molar-refractivity contribution in [2.45, 2.75) is 31.9 Å². The number of nitrogens with one attached hydrogen (secondary N) is 1. The van der Waals surface area contributed by atoms with Gasteiger partial charge in [-0.15, -0.1) is 0 Å². The number of carboxylic acid groups (broad SMARTS) is 1. The molecule has 0 heterocycles. The van der Waals surface area contributed by atoms with Gasteiger partial charge in [-0.25, -0.2) is 9.59 Å². The molecule has 142 valence electrons. The van der Waals surface area contributed by atoms with Crippen LogP contribution in [0.25, 0.3) is 11.1 Å². The maximum Gasteiger partial charge on any atom is 0.407 e. The number of benzene rings is 2. The summed E-state index contributed by atoms with van der Waals surface area (Å²) in [5.41, 5.74) is 4.45. The van der Waals surface area contributed by atoms with Crippen LogP contribution in [0.1, 0.15) is 30.9 Å². The lowest BCUT2D eigenvalue weighted by molar-refractivity contribution is -0.148. The largest absolute Gasteiger partial charge is 0.479 e. The second-order valence-electron chi connectivity index (χ2n) is 7.02. The van der Waals surface area contributed by atoms with Crippen LogP contribution in [0.2, 0.25) is 0 Å². The number of carbonyl (C=O) groups is 2. The van der Waals surface area contributed by atoms with Crippen molar-refractivity contribution in [2.75, 3.05) is 6.61 Å². The SMILES string of the molecule is CC(C)[C@H](NC(=O)OCC1c2ccccc2-c2ccccc21)C(O)C(=O)O. The average Bonchev–Trinajstić information content (AvgIpc) is 2.97. The number of amides is 1. The number of carbonyl (C=O) groups excluding carboxylic acids is 1. The second kappa shape index (κ2) is 7.80. The van der Waals surface area contributed by atoms with Crippen molar-refractivity contribution in [2.24, 2.45) is 5.92 Å². The van der Waals surface area contributed by atoms with E-state index in [2.05, 4.69) is 5.32 Å². The molecule has 3 rings (SSSR count). The fraction of sp³-hybridized carbons (Fsp3) is 0.333. The van der Waals surface area contributed by atoms with Gasteiger partial charge < -0.3 is 20.3 Å². The molecule has 0 saturated heterocycles. The Kier molecular flexibility index (Phi) is 5.46. The van der Waals surface area contributed by atoms with Crippen LogP contribution in [0, 0.1) is 5.92 Å². The van der Waals surface area contributed by atoms with Gasteiger partial charge in [0.1, 0.15) is 6.61 Å². The summed E-state index contributed by atoms with van der Waals surface area (Å²) in [4.78, 5) is 23.3. The van der Waals surface area contributed by atoms with Gasteiger partial charge in [-0.3, -0.25) is 0 Å². The highest BCUT2D eigenvalue weighted by atomic mass is 16.5. The van der Waals surface area contributed by atoms with E-state index in [0.717, 1.165) is 22.3 Å². The summed E-state index contributed by atoms with van der Waals surface area (Å²) in [7, 11) is 0. The molecule has 3 N–H and O–H groups in total. The zero-order valence-electron chi connectivity index (χ0n) is 15.3. The molecule has 1 aliphatic carbocycles. The Labute approximate surface area is 157 Å². The molecular formula is C21H23NO5. The maximum atomic E-state index is 12.2. The van der Waals surface area contributed by atoms with Gasteiger partial charge in [0.2, 0.25) is 0 Å². The number of fused-ring (bicyclic) bond motifs is 3. The highest BCUT2D eigenvalue weighted by molar-refractivity contribution is 5.79. The third kappa shape index (κ3) is 3.80. The van der Waals surface area contributed by atoms with E-state index in [1.165, 1.54) is 0 Å². The molecule has 1 unspecified atom stereocenters. The van der Waals surface area contributed by atoms with E-state index in [1.807, 2.05) is 48.5 Å². The lowest BCUT2D eigenvalue weighted by Gasteiger charge is -2.25. The smallest absolute Gasteiger partial charge is 0.407 e. The van der Waals surface area contributed by atoms with E-state index < -0.39 is 24.2 Å². The molecule has 0 saturated carbocycles. The molecule has 2 atom stereocenters. The molecular weight excluding hydrogens is 346 g/mol. The third-order valence-corrected chi connectivity index (χ3v) is 4.94. The third-order valence-electron chi connectivity index (χ3n) is 4.94. The van der Waals surface area contributed by atoms with Crippen LogP contribution in [-0.4, -0.2) is 41.0 Å². The first-order valence-electron chi connectivity index (χ1n) is 8.92. The van der Waals surface area contributed by atoms with Crippen molar-refractivity contribution in [3.63, 3.8) is 0 Å². The van der Waals surface area contributed by atoms with Gasteiger partial charge in [0.15, 0.2) is 6.10 Å². The fourth-order valence-electron chi connectivity index (χ4n) is 3.54. The van der Waals surface area contributed by atoms with Crippen molar-refractivity contribution in [1.82, 2.24) is 5.32 Å². The Bertz CT molecular complexity index is 802. The molecule has 0 aromatic heterocycles. The molecule has 0 bridgehead atoms. The standard InChI is InChI=1S/C21H23NO5/c1-12(2)18(19(23)20(24)25)22-21(26)27-11-17-15-9-5-3-7-13(15)14-8-4-6-10-16(14)17/h3-10,12,17-19,23H,11H2,1-2H3,(H,22,26)(H,24,25)/t18-,19?/m0/s1. The normalized spacial score (nSPS) is 15.0. The predicted octanol–water partition coefficient (Wildman–Crippen LogP) is 3.00. The van der Waals surface area contributed by atoms with E-state index in [4.69, 9.17) is 9.84 Å². The molecule has 27 heavy (non-hydrogen) atoms. The lowest BCUT2D eigenvalue weighted by Crippen LogP contribution is -2.50. The summed E-state index contributed by atoms with van der Waals surface area (Å²) in [6.07, 6.45) is -2.43. The van der Waals surface area contributed by atoms with Gasteiger partial charge in [0.25, 0.3) is 0 Å². The molecule has 6 heteroatoms. The minimum atomic E-state index is -1.69. The van der Waals surface area contributed by atoms with Crippen molar-refractivity contribution in [3.05, 3.63) is 59.7 Å². The minimum Gasteiger partial charge on any atom is -0.479 e. The number of hydrogen-bond donors (Lipinski definition) is 3. The Balaban J connectivity index is 1.71. The van der Waals surface area contributed by atoms with E-state index in [9.17, 15) is 14.7 Å². The summed E-state index contributed by atoms with van der Waals surface area (Å²) in [5.74, 6) is -1.73. The van der Waals surface area contributed by atoms with Crippen LogP contribution in [0.4, 0.5) is 4.79 Å². The van der Waals surface area contributed by atoms with Gasteiger partial charge in [0, 0.05) is 5.92 Å². The van der Waals surface area contributed by atoms with Crippen molar-refractivity contribution in [3.8, 4) is 11.1 Å². The molecule has 2 aromatic rings. The molecule has 0 fully saturated rings. The van der Waals surface area contributed by atoms with Crippen molar-refractivity contribution >= 4 is 12.1 Å². The predicted molar refractivity (Wildman–Crippen MR) is 100 cm³/mol.